The molecule has 0 saturated heterocycles. The summed E-state index contributed by atoms with van der Waals surface area (Å²) in [5.41, 5.74) is -0.364. The van der Waals surface area contributed by atoms with Gasteiger partial charge in [-0.15, -0.1) is 0 Å². The van der Waals surface area contributed by atoms with Crippen molar-refractivity contribution in [2.24, 2.45) is 0 Å². The van der Waals surface area contributed by atoms with Crippen molar-refractivity contribution in [3.8, 4) is 0 Å². The molecule has 0 atom stereocenters. The molecule has 10 heteroatoms. The summed E-state index contributed by atoms with van der Waals surface area (Å²) in [7, 11) is 1.03. The number of amides is 1. The zero-order valence-electron chi connectivity index (χ0n) is 10.1. The summed E-state index contributed by atoms with van der Waals surface area (Å²) in [6.45, 7) is 2.43. The first-order chi connectivity index (χ1) is 8.64. The van der Waals surface area contributed by atoms with Crippen LogP contribution in [0, 0.1) is 0 Å². The molecule has 108 valence electrons. The summed E-state index contributed by atoms with van der Waals surface area (Å²) in [5.74, 6) is -1.31. The minimum atomic E-state index is -4.22. The molecule has 1 aromatic rings. The summed E-state index contributed by atoms with van der Waals surface area (Å²) in [6.07, 6.45) is -2.75. The number of aromatic amines is 1. The largest absolute Gasteiger partial charge is 0.345 e. The molecule has 1 aromatic heterocycles. The van der Waals surface area contributed by atoms with Crippen LogP contribution in [0.5, 0.6) is 0 Å². The van der Waals surface area contributed by atoms with Gasteiger partial charge in [0.1, 0.15) is 4.90 Å². The van der Waals surface area contributed by atoms with Gasteiger partial charge in [0.25, 0.3) is 21.4 Å². The fourth-order valence-corrected chi connectivity index (χ4v) is 2.77. The van der Waals surface area contributed by atoms with E-state index < -0.39 is 38.5 Å². The van der Waals surface area contributed by atoms with Crippen LogP contribution in [-0.4, -0.2) is 37.5 Å². The van der Waals surface area contributed by atoms with Crippen LogP contribution in [0.4, 0.5) is 8.78 Å². The Morgan fingerprint density at radius 2 is 2.05 bits per heavy atom. The zero-order valence-corrected chi connectivity index (χ0v) is 11.6. The van der Waals surface area contributed by atoms with E-state index in [9.17, 15) is 22.0 Å². The maximum absolute atomic E-state index is 12.0. The Balaban J connectivity index is 3.19. The van der Waals surface area contributed by atoms with E-state index in [2.05, 4.69) is 10.2 Å². The van der Waals surface area contributed by atoms with Crippen LogP contribution in [0.3, 0.4) is 0 Å². The van der Waals surface area contributed by atoms with Crippen LogP contribution in [0.25, 0.3) is 0 Å². The molecule has 0 fully saturated rings. The fraction of sp³-hybridized carbons (Fsp3) is 0.556. The first-order valence-electron chi connectivity index (χ1n) is 5.23. The minimum absolute atomic E-state index is 0.150. The second kappa shape index (κ2) is 5.83. The van der Waals surface area contributed by atoms with Crippen molar-refractivity contribution in [2.45, 2.75) is 31.1 Å². The van der Waals surface area contributed by atoms with Crippen LogP contribution in [0.15, 0.2) is 4.90 Å². The first-order valence-corrected chi connectivity index (χ1v) is 7.54. The zero-order chi connectivity index (χ0) is 14.8. The quantitative estimate of drug-likeness (QED) is 0.805. The molecule has 0 radical (unpaired) electrons. The van der Waals surface area contributed by atoms with Gasteiger partial charge in [0.05, 0.1) is 12.2 Å². The van der Waals surface area contributed by atoms with Gasteiger partial charge in [-0.3, -0.25) is 9.89 Å². The molecule has 6 nitrogen and oxygen atoms in total. The Morgan fingerprint density at radius 3 is 2.47 bits per heavy atom. The van der Waals surface area contributed by atoms with Gasteiger partial charge in [-0.25, -0.2) is 17.2 Å². The maximum atomic E-state index is 12.0. The van der Waals surface area contributed by atoms with Crippen LogP contribution >= 0.6 is 10.7 Å². The molecule has 0 unspecified atom stereocenters. The van der Waals surface area contributed by atoms with E-state index in [1.807, 2.05) is 5.32 Å². The molecule has 0 aromatic carbocycles. The van der Waals surface area contributed by atoms with E-state index in [1.165, 1.54) is 0 Å². The van der Waals surface area contributed by atoms with Crippen LogP contribution in [0.1, 0.15) is 35.9 Å². The highest BCUT2D eigenvalue weighted by atomic mass is 35.7. The first kappa shape index (κ1) is 15.8. The van der Waals surface area contributed by atoms with Gasteiger partial charge < -0.3 is 5.32 Å². The number of rotatable bonds is 5. The predicted octanol–water partition coefficient (Wildman–Crippen LogP) is 1.46. The van der Waals surface area contributed by atoms with Crippen molar-refractivity contribution in [1.29, 1.82) is 0 Å². The summed E-state index contributed by atoms with van der Waals surface area (Å²) < 4.78 is 46.9. The fourth-order valence-electron chi connectivity index (χ4n) is 1.39. The number of nitrogens with zero attached hydrogens (tertiary/aromatic N) is 1. The normalized spacial score (nSPS) is 12.2. The summed E-state index contributed by atoms with van der Waals surface area (Å²) in [6, 6.07) is 0. The summed E-state index contributed by atoms with van der Waals surface area (Å²) in [4.78, 5) is 11.1. The van der Waals surface area contributed by atoms with Crippen molar-refractivity contribution < 1.29 is 22.0 Å². The second-order valence-corrected chi connectivity index (χ2v) is 6.51. The average molecular weight is 316 g/mol. The number of alkyl halides is 2. The molecule has 0 bridgehead atoms. The molecule has 0 aliphatic heterocycles. The highest BCUT2D eigenvalue weighted by molar-refractivity contribution is 8.13. The molecule has 19 heavy (non-hydrogen) atoms. The van der Waals surface area contributed by atoms with E-state index in [-0.39, 0.29) is 11.6 Å². The Kier molecular flexibility index (Phi) is 4.86. The molecular weight excluding hydrogens is 304 g/mol. The number of H-pyrrole nitrogens is 1. The number of aromatic nitrogens is 2. The van der Waals surface area contributed by atoms with E-state index in [4.69, 9.17) is 10.7 Å². The molecule has 1 rings (SSSR count). The Morgan fingerprint density at radius 1 is 1.47 bits per heavy atom. The van der Waals surface area contributed by atoms with E-state index in [0.29, 0.717) is 0 Å². The lowest BCUT2D eigenvalue weighted by Crippen LogP contribution is -2.29. The molecule has 0 spiro atoms. The van der Waals surface area contributed by atoms with Gasteiger partial charge >= 0.3 is 0 Å². The Labute approximate surface area is 112 Å². The number of nitrogens with one attached hydrogen (secondary N) is 2. The van der Waals surface area contributed by atoms with Gasteiger partial charge in [-0.1, -0.05) is 13.8 Å². The lowest BCUT2D eigenvalue weighted by Gasteiger charge is -2.05. The maximum Gasteiger partial charge on any atom is 0.273 e. The van der Waals surface area contributed by atoms with Crippen molar-refractivity contribution >= 4 is 25.6 Å². The van der Waals surface area contributed by atoms with E-state index >= 15 is 0 Å². The molecule has 1 amide bonds. The number of hydrogen-bond donors (Lipinski definition) is 2. The van der Waals surface area contributed by atoms with Gasteiger partial charge in [-0.2, -0.15) is 5.10 Å². The molecule has 0 aliphatic carbocycles. The number of carbonyl (C=O) groups is 1. The van der Waals surface area contributed by atoms with Gasteiger partial charge in [0.15, 0.2) is 5.69 Å². The Bertz CT molecular complexity index is 571. The van der Waals surface area contributed by atoms with Crippen molar-refractivity contribution in [1.82, 2.24) is 15.5 Å². The van der Waals surface area contributed by atoms with Crippen LogP contribution in [0.2, 0.25) is 0 Å². The molecule has 0 aliphatic rings. The highest BCUT2D eigenvalue weighted by Crippen LogP contribution is 2.27. The van der Waals surface area contributed by atoms with Gasteiger partial charge in [0, 0.05) is 10.7 Å². The van der Waals surface area contributed by atoms with Crippen LogP contribution < -0.4 is 5.32 Å². The summed E-state index contributed by atoms with van der Waals surface area (Å²) >= 11 is 0. The molecule has 0 saturated carbocycles. The minimum Gasteiger partial charge on any atom is -0.345 e. The van der Waals surface area contributed by atoms with E-state index in [1.54, 1.807) is 13.8 Å². The highest BCUT2D eigenvalue weighted by Gasteiger charge is 2.29. The topological polar surface area (TPSA) is 91.9 Å². The lowest BCUT2D eigenvalue weighted by atomic mass is 10.1. The third-order valence-electron chi connectivity index (χ3n) is 2.20. The van der Waals surface area contributed by atoms with E-state index in [0.717, 1.165) is 0 Å². The predicted molar refractivity (Wildman–Crippen MR) is 64.1 cm³/mol. The molecule has 2 N–H and O–H groups in total. The average Bonchev–Trinajstić information content (AvgIpc) is 2.69. The SMILES string of the molecule is CC(C)c1[nH]nc(C(=O)NCC(F)F)c1S(=O)(=O)Cl. The smallest absolute Gasteiger partial charge is 0.273 e. The number of hydrogen-bond acceptors (Lipinski definition) is 4. The summed E-state index contributed by atoms with van der Waals surface area (Å²) in [5, 5.41) is 7.79. The second-order valence-electron chi connectivity index (χ2n) is 4.01. The number of carbonyl (C=O) groups excluding carboxylic acids is 1. The van der Waals surface area contributed by atoms with Crippen molar-refractivity contribution in [2.75, 3.05) is 6.54 Å². The Hall–Kier alpha value is -1.22. The monoisotopic (exact) mass is 315 g/mol. The van der Waals surface area contributed by atoms with Crippen molar-refractivity contribution in [3.05, 3.63) is 11.4 Å². The molecular formula is C9H12ClF2N3O3S. The third-order valence-corrected chi connectivity index (χ3v) is 3.56. The number of halogens is 3. The third kappa shape index (κ3) is 3.87. The van der Waals surface area contributed by atoms with Crippen molar-refractivity contribution in [3.63, 3.8) is 0 Å². The molecule has 1 heterocycles. The lowest BCUT2D eigenvalue weighted by molar-refractivity contribution is 0.0884. The van der Waals surface area contributed by atoms with Gasteiger partial charge in [0.2, 0.25) is 0 Å². The standard InChI is InChI=1S/C9H12ClF2N3O3S/c1-4(2)6-8(19(10,17)18)7(15-14-6)9(16)13-3-5(11)12/h4-5H,3H2,1-2H3,(H,13,16)(H,14,15). The van der Waals surface area contributed by atoms with Crippen LogP contribution in [-0.2, 0) is 9.05 Å². The van der Waals surface area contributed by atoms with Gasteiger partial charge in [-0.05, 0) is 5.92 Å².